The minimum absolute atomic E-state index is 0.143. The molecule has 49 heavy (non-hydrogen) atoms. The van der Waals surface area contributed by atoms with Gasteiger partial charge in [0.2, 0.25) is 5.91 Å². The molecule has 11 heteroatoms. The number of nitrogens with zero attached hydrogens (tertiary/aromatic N) is 1. The van der Waals surface area contributed by atoms with Crippen LogP contribution < -0.4 is 10.6 Å². The van der Waals surface area contributed by atoms with Crippen LogP contribution in [0.3, 0.4) is 0 Å². The average Bonchev–Trinajstić information content (AvgIpc) is 3.57. The lowest BCUT2D eigenvalue weighted by molar-refractivity contribution is -0.898. The highest BCUT2D eigenvalue weighted by molar-refractivity contribution is 6.01. The number of fused-ring (bicyclic) bond motifs is 3. The van der Waals surface area contributed by atoms with E-state index >= 15 is 0 Å². The van der Waals surface area contributed by atoms with Crippen molar-refractivity contribution in [2.24, 2.45) is 0 Å². The molecule has 4 aromatic carbocycles. The zero-order valence-corrected chi connectivity index (χ0v) is 26.8. The summed E-state index contributed by atoms with van der Waals surface area (Å²) in [6, 6.07) is 25.6. The van der Waals surface area contributed by atoms with E-state index in [0.29, 0.717) is 64.7 Å². The summed E-state index contributed by atoms with van der Waals surface area (Å²) in [5, 5.41) is 4.41. The van der Waals surface area contributed by atoms with E-state index in [-0.39, 0.29) is 18.4 Å². The van der Waals surface area contributed by atoms with Gasteiger partial charge in [-0.15, -0.1) is 0 Å². The van der Waals surface area contributed by atoms with Crippen molar-refractivity contribution in [2.75, 3.05) is 26.7 Å². The van der Waals surface area contributed by atoms with Crippen molar-refractivity contribution in [1.82, 2.24) is 10.6 Å². The molecule has 0 spiro atoms. The van der Waals surface area contributed by atoms with Crippen LogP contribution in [0.2, 0.25) is 0 Å². The van der Waals surface area contributed by atoms with Crippen molar-refractivity contribution in [3.63, 3.8) is 0 Å². The lowest BCUT2D eigenvalue weighted by Gasteiger charge is -2.33. The van der Waals surface area contributed by atoms with Gasteiger partial charge in [0.05, 0.1) is 38.3 Å². The second kappa shape index (κ2) is 13.0. The number of benzene rings is 4. The molecule has 0 radical (unpaired) electrons. The standard InChI is InChI=1S/C38H35F6N3O2/c1-47(23-20-27(24-47)45-34(48)31-13-3-2-10-28(31)25-16-18-26(19-17-25)37(39,40)41)22-9-8-21-36(35(49)46-38(42,43)44)32-14-6-4-11-29(32)30-12-5-7-15-33(30)36/h2-7,10-19,27H,8-9,20-24H2,1H3,(H-,45,46,48,49)/p+1. The fourth-order valence-corrected chi connectivity index (χ4v) is 7.61. The molecular formula is C38H36F6N3O2+. The van der Waals surface area contributed by atoms with Crippen LogP contribution in [0, 0.1) is 0 Å². The molecule has 2 unspecified atom stereocenters. The number of halogens is 6. The maximum Gasteiger partial charge on any atom is 0.484 e. The van der Waals surface area contributed by atoms with Crippen LogP contribution >= 0.6 is 0 Å². The molecule has 0 bridgehead atoms. The van der Waals surface area contributed by atoms with E-state index in [0.717, 1.165) is 29.8 Å². The van der Waals surface area contributed by atoms with E-state index in [9.17, 15) is 35.9 Å². The fourth-order valence-electron chi connectivity index (χ4n) is 7.61. The number of carbonyl (C=O) groups is 2. The Bertz CT molecular complexity index is 1810. The average molecular weight is 681 g/mol. The molecule has 1 aliphatic heterocycles. The lowest BCUT2D eigenvalue weighted by Crippen LogP contribution is -2.50. The molecule has 0 aromatic heterocycles. The first kappa shape index (κ1) is 34.2. The van der Waals surface area contributed by atoms with E-state index in [4.69, 9.17) is 0 Å². The van der Waals surface area contributed by atoms with Crippen LogP contribution in [0.15, 0.2) is 97.1 Å². The Balaban J connectivity index is 1.11. The molecule has 5 nitrogen and oxygen atoms in total. The number of quaternary nitrogens is 1. The molecule has 2 N–H and O–H groups in total. The molecule has 1 saturated heterocycles. The number of amides is 2. The van der Waals surface area contributed by atoms with E-state index in [1.165, 1.54) is 17.4 Å². The van der Waals surface area contributed by atoms with Gasteiger partial charge in [-0.05, 0) is 70.8 Å². The summed E-state index contributed by atoms with van der Waals surface area (Å²) in [6.45, 7) is 2.12. The Labute approximate surface area is 280 Å². The topological polar surface area (TPSA) is 58.2 Å². The number of nitrogens with one attached hydrogen (secondary N) is 2. The number of likely N-dealkylation sites (tertiary alicyclic amines) is 1. The van der Waals surface area contributed by atoms with Gasteiger partial charge >= 0.3 is 12.5 Å². The number of hydrogen-bond acceptors (Lipinski definition) is 2. The van der Waals surface area contributed by atoms with Gasteiger partial charge in [-0.3, -0.25) is 14.9 Å². The van der Waals surface area contributed by atoms with Gasteiger partial charge in [0.25, 0.3) is 5.91 Å². The largest absolute Gasteiger partial charge is 0.484 e. The number of likely N-dealkylation sites (N-methyl/N-ethyl adjacent to an activating group) is 1. The van der Waals surface area contributed by atoms with Gasteiger partial charge in [-0.2, -0.15) is 26.3 Å². The number of rotatable bonds is 9. The third-order valence-electron chi connectivity index (χ3n) is 9.92. The van der Waals surface area contributed by atoms with Crippen LogP contribution in [0.5, 0.6) is 0 Å². The van der Waals surface area contributed by atoms with Gasteiger partial charge in [0, 0.05) is 12.0 Å². The van der Waals surface area contributed by atoms with E-state index in [2.05, 4.69) is 12.4 Å². The Morgan fingerprint density at radius 3 is 1.94 bits per heavy atom. The zero-order valence-electron chi connectivity index (χ0n) is 26.8. The number of unbranched alkanes of at least 4 members (excludes halogenated alkanes) is 1. The predicted octanol–water partition coefficient (Wildman–Crippen LogP) is 8.09. The van der Waals surface area contributed by atoms with Crippen LogP contribution in [0.1, 0.15) is 52.7 Å². The molecule has 1 aliphatic carbocycles. The number of hydrogen-bond donors (Lipinski definition) is 2. The van der Waals surface area contributed by atoms with Gasteiger partial charge < -0.3 is 9.80 Å². The summed E-state index contributed by atoms with van der Waals surface area (Å²) in [5.41, 5.74) is 1.80. The smallest absolute Gasteiger partial charge is 0.343 e. The summed E-state index contributed by atoms with van der Waals surface area (Å²) < 4.78 is 80.4. The monoisotopic (exact) mass is 680 g/mol. The minimum Gasteiger partial charge on any atom is -0.343 e. The molecule has 6 rings (SSSR count). The summed E-state index contributed by atoms with van der Waals surface area (Å²) in [4.78, 5) is 27.0. The Kier molecular flexibility index (Phi) is 9.08. The van der Waals surface area contributed by atoms with Crippen molar-refractivity contribution < 1.29 is 40.4 Å². The Morgan fingerprint density at radius 1 is 0.776 bits per heavy atom. The third-order valence-corrected chi connectivity index (χ3v) is 9.92. The lowest BCUT2D eigenvalue weighted by atomic mass is 9.73. The summed E-state index contributed by atoms with van der Waals surface area (Å²) >= 11 is 0. The molecule has 2 amide bonds. The SMILES string of the molecule is C[N+]1(CCCCC2(C(=O)NC(F)(F)F)c3ccccc3-c3ccccc32)CCC(NC(=O)c2ccccc2-c2ccc(C(F)(F)F)cc2)C1. The summed E-state index contributed by atoms with van der Waals surface area (Å²) in [7, 11) is 2.08. The van der Waals surface area contributed by atoms with E-state index in [1.807, 2.05) is 24.3 Å². The summed E-state index contributed by atoms with van der Waals surface area (Å²) in [5.74, 6) is -1.40. The first-order valence-corrected chi connectivity index (χ1v) is 16.2. The van der Waals surface area contributed by atoms with Crippen molar-refractivity contribution in [1.29, 1.82) is 0 Å². The van der Waals surface area contributed by atoms with Crippen LogP contribution in [0.25, 0.3) is 22.3 Å². The Morgan fingerprint density at radius 2 is 1.35 bits per heavy atom. The van der Waals surface area contributed by atoms with Crippen LogP contribution in [0.4, 0.5) is 26.3 Å². The summed E-state index contributed by atoms with van der Waals surface area (Å²) in [6.07, 6.45) is -7.27. The highest BCUT2D eigenvalue weighted by Crippen LogP contribution is 2.52. The quantitative estimate of drug-likeness (QED) is 0.0813. The second-order valence-corrected chi connectivity index (χ2v) is 13.2. The maximum absolute atomic E-state index is 13.5. The minimum atomic E-state index is -4.87. The van der Waals surface area contributed by atoms with Crippen molar-refractivity contribution in [2.45, 2.75) is 49.6 Å². The van der Waals surface area contributed by atoms with E-state index < -0.39 is 29.4 Å². The maximum atomic E-state index is 13.5. The highest BCUT2D eigenvalue weighted by atomic mass is 19.4. The molecule has 4 aromatic rings. The molecule has 256 valence electrons. The first-order valence-electron chi connectivity index (χ1n) is 16.2. The van der Waals surface area contributed by atoms with Gasteiger partial charge in [0.15, 0.2) is 0 Å². The van der Waals surface area contributed by atoms with Crippen molar-refractivity contribution in [3.8, 4) is 22.3 Å². The number of carbonyl (C=O) groups excluding carboxylic acids is 2. The second-order valence-electron chi connectivity index (χ2n) is 13.2. The number of alkyl halides is 6. The van der Waals surface area contributed by atoms with Crippen LogP contribution in [-0.2, 0) is 16.4 Å². The molecular weight excluding hydrogens is 644 g/mol. The molecule has 1 fully saturated rings. The normalized spacial score (nSPS) is 19.6. The first-order chi connectivity index (χ1) is 23.2. The van der Waals surface area contributed by atoms with Gasteiger partial charge in [-0.25, -0.2) is 0 Å². The van der Waals surface area contributed by atoms with E-state index in [1.54, 1.807) is 48.5 Å². The van der Waals surface area contributed by atoms with Gasteiger partial charge in [-0.1, -0.05) is 78.9 Å². The van der Waals surface area contributed by atoms with Crippen molar-refractivity contribution in [3.05, 3.63) is 119 Å². The molecule has 2 atom stereocenters. The highest BCUT2D eigenvalue weighted by Gasteiger charge is 2.51. The molecule has 2 aliphatic rings. The molecule has 1 heterocycles. The van der Waals surface area contributed by atoms with Crippen LogP contribution in [-0.4, -0.2) is 55.3 Å². The Hall–Kier alpha value is -4.64. The van der Waals surface area contributed by atoms with Crippen molar-refractivity contribution >= 4 is 11.8 Å². The van der Waals surface area contributed by atoms with Gasteiger partial charge in [0.1, 0.15) is 5.41 Å². The third kappa shape index (κ3) is 6.94. The predicted molar refractivity (Wildman–Crippen MR) is 174 cm³/mol. The molecule has 0 saturated carbocycles. The fraction of sp³-hybridized carbons (Fsp3) is 0.316. The zero-order chi connectivity index (χ0) is 35.0.